The molecule has 0 heterocycles. The van der Waals surface area contributed by atoms with Crippen molar-refractivity contribution in [3.05, 3.63) is 41.1 Å². The highest BCUT2D eigenvalue weighted by molar-refractivity contribution is 6.81. The number of carbonyl (C=O) groups is 1. The van der Waals surface area contributed by atoms with Gasteiger partial charge in [0.25, 0.3) is 0 Å². The molecule has 0 saturated carbocycles. The summed E-state index contributed by atoms with van der Waals surface area (Å²) in [6, 6.07) is 7.51. The number of hydrogen-bond acceptors (Lipinski definition) is 2. The van der Waals surface area contributed by atoms with Crippen LogP contribution in [0, 0.1) is 0 Å². The summed E-state index contributed by atoms with van der Waals surface area (Å²) >= 11 is 0. The lowest BCUT2D eigenvalue weighted by Crippen LogP contribution is -2.15. The van der Waals surface area contributed by atoms with Crippen molar-refractivity contribution < 1.29 is 9.53 Å². The molecule has 0 aliphatic heterocycles. The first-order chi connectivity index (χ1) is 7.92. The van der Waals surface area contributed by atoms with Crippen molar-refractivity contribution in [2.45, 2.75) is 26.6 Å². The fourth-order valence-electron chi connectivity index (χ4n) is 1.29. The zero-order valence-electron chi connectivity index (χ0n) is 11.0. The Hall–Kier alpha value is -1.35. The van der Waals surface area contributed by atoms with Gasteiger partial charge in [0.2, 0.25) is 0 Å². The molecule has 0 atom stereocenters. The van der Waals surface area contributed by atoms with E-state index in [4.69, 9.17) is 4.74 Å². The molecular formula is C14H20O2Si. The number of rotatable bonds is 4. The molecule has 0 aromatic heterocycles. The number of carbonyl (C=O) groups excluding carboxylic acids is 1. The highest BCUT2D eigenvalue weighted by Gasteiger charge is 2.07. The molecule has 0 aliphatic carbocycles. The molecule has 92 valence electrons. The average molecular weight is 248 g/mol. The van der Waals surface area contributed by atoms with Crippen LogP contribution in [-0.2, 0) is 4.74 Å². The Morgan fingerprint density at radius 2 is 1.82 bits per heavy atom. The number of hydrogen-bond donors (Lipinski definition) is 0. The van der Waals surface area contributed by atoms with E-state index in [2.05, 4.69) is 31.4 Å². The minimum atomic E-state index is -1.16. The summed E-state index contributed by atoms with van der Waals surface area (Å²) in [6.45, 7) is 9.09. The van der Waals surface area contributed by atoms with Gasteiger partial charge in [0, 0.05) is 0 Å². The Labute approximate surface area is 104 Å². The van der Waals surface area contributed by atoms with E-state index in [1.807, 2.05) is 31.2 Å². The van der Waals surface area contributed by atoms with Crippen LogP contribution in [0.4, 0.5) is 0 Å². The van der Waals surface area contributed by atoms with Crippen molar-refractivity contribution in [1.82, 2.24) is 0 Å². The van der Waals surface area contributed by atoms with Crippen molar-refractivity contribution in [2.24, 2.45) is 0 Å². The molecule has 1 aromatic carbocycles. The summed E-state index contributed by atoms with van der Waals surface area (Å²) in [7, 11) is -1.16. The third-order valence-electron chi connectivity index (χ3n) is 2.20. The molecule has 0 spiro atoms. The Morgan fingerprint density at radius 3 is 2.29 bits per heavy atom. The molecule has 2 nitrogen and oxygen atoms in total. The topological polar surface area (TPSA) is 26.3 Å². The Balaban J connectivity index is 2.75. The first-order valence-corrected chi connectivity index (χ1v) is 9.46. The normalized spacial score (nSPS) is 11.8. The van der Waals surface area contributed by atoms with E-state index in [0.29, 0.717) is 12.2 Å². The fourth-order valence-corrected chi connectivity index (χ4v) is 1.98. The van der Waals surface area contributed by atoms with E-state index in [1.165, 1.54) is 0 Å². The molecule has 0 N–H and O–H groups in total. The van der Waals surface area contributed by atoms with Crippen molar-refractivity contribution in [3.8, 4) is 0 Å². The third kappa shape index (κ3) is 5.00. The van der Waals surface area contributed by atoms with Gasteiger partial charge in [-0.1, -0.05) is 43.5 Å². The van der Waals surface area contributed by atoms with E-state index >= 15 is 0 Å². The first-order valence-electron chi connectivity index (χ1n) is 5.89. The van der Waals surface area contributed by atoms with Crippen molar-refractivity contribution in [2.75, 3.05) is 6.61 Å². The second-order valence-electron chi connectivity index (χ2n) is 5.04. The second-order valence-corrected chi connectivity index (χ2v) is 10.1. The van der Waals surface area contributed by atoms with Gasteiger partial charge in [-0.25, -0.2) is 4.79 Å². The van der Waals surface area contributed by atoms with Crippen LogP contribution in [0.5, 0.6) is 0 Å². The fraction of sp³-hybridized carbons (Fsp3) is 0.357. The van der Waals surface area contributed by atoms with Crippen LogP contribution in [0.2, 0.25) is 19.6 Å². The van der Waals surface area contributed by atoms with Gasteiger partial charge in [-0.3, -0.25) is 0 Å². The SMILES string of the molecule is CCOC(=O)c1ccc(/C=C/[Si](C)(C)C)cc1. The lowest BCUT2D eigenvalue weighted by atomic mass is 10.1. The van der Waals surface area contributed by atoms with Gasteiger partial charge >= 0.3 is 5.97 Å². The van der Waals surface area contributed by atoms with Crippen molar-refractivity contribution in [3.63, 3.8) is 0 Å². The molecule has 0 unspecified atom stereocenters. The second kappa shape index (κ2) is 5.82. The third-order valence-corrected chi connectivity index (χ3v) is 3.36. The van der Waals surface area contributed by atoms with Crippen LogP contribution in [0.25, 0.3) is 6.08 Å². The van der Waals surface area contributed by atoms with Crippen LogP contribution >= 0.6 is 0 Å². The molecule has 1 rings (SSSR count). The first kappa shape index (κ1) is 13.7. The maximum Gasteiger partial charge on any atom is 0.338 e. The van der Waals surface area contributed by atoms with E-state index in [0.717, 1.165) is 5.56 Å². The number of ether oxygens (including phenoxy) is 1. The summed E-state index contributed by atoms with van der Waals surface area (Å²) in [5.74, 6) is -0.256. The molecule has 0 fully saturated rings. The van der Waals surface area contributed by atoms with Crippen molar-refractivity contribution in [1.29, 1.82) is 0 Å². The zero-order chi connectivity index (χ0) is 12.9. The van der Waals surface area contributed by atoms with Crippen molar-refractivity contribution >= 4 is 20.1 Å². The van der Waals surface area contributed by atoms with Gasteiger partial charge < -0.3 is 4.74 Å². The molecule has 0 aliphatic rings. The quantitative estimate of drug-likeness (QED) is 0.599. The van der Waals surface area contributed by atoms with Crippen LogP contribution in [-0.4, -0.2) is 20.7 Å². The standard InChI is InChI=1S/C14H20O2Si/c1-5-16-14(15)13-8-6-12(7-9-13)10-11-17(2,3)4/h6-11H,5H2,1-4H3/b11-10+. The molecule has 3 heteroatoms. The summed E-state index contributed by atoms with van der Waals surface area (Å²) in [6.07, 6.45) is 2.13. The summed E-state index contributed by atoms with van der Waals surface area (Å²) in [5.41, 5.74) is 4.02. The Bertz CT molecular complexity index is 399. The largest absolute Gasteiger partial charge is 0.462 e. The van der Waals surface area contributed by atoms with Crippen LogP contribution in [0.15, 0.2) is 30.0 Å². The lowest BCUT2D eigenvalue weighted by Gasteiger charge is -2.08. The monoisotopic (exact) mass is 248 g/mol. The highest BCUT2D eigenvalue weighted by Crippen LogP contribution is 2.10. The highest BCUT2D eigenvalue weighted by atomic mass is 28.3. The van der Waals surface area contributed by atoms with Gasteiger partial charge in [-0.15, -0.1) is 0 Å². The molecule has 17 heavy (non-hydrogen) atoms. The van der Waals surface area contributed by atoms with E-state index < -0.39 is 8.07 Å². The molecule has 0 amide bonds. The maximum absolute atomic E-state index is 11.4. The summed E-state index contributed by atoms with van der Waals surface area (Å²) in [5, 5.41) is 0. The van der Waals surface area contributed by atoms with Gasteiger partial charge in [0.15, 0.2) is 0 Å². The van der Waals surface area contributed by atoms with Gasteiger partial charge in [0.1, 0.15) is 0 Å². The average Bonchev–Trinajstić information content (AvgIpc) is 2.26. The van der Waals surface area contributed by atoms with Crippen LogP contribution in [0.1, 0.15) is 22.8 Å². The van der Waals surface area contributed by atoms with E-state index in [-0.39, 0.29) is 5.97 Å². The lowest BCUT2D eigenvalue weighted by molar-refractivity contribution is 0.0526. The van der Waals surface area contributed by atoms with Gasteiger partial charge in [-0.2, -0.15) is 0 Å². The van der Waals surface area contributed by atoms with Gasteiger partial charge in [-0.05, 0) is 24.6 Å². The predicted octanol–water partition coefficient (Wildman–Crippen LogP) is 3.75. The molecule has 0 radical (unpaired) electrons. The Kier molecular flexibility index (Phi) is 4.69. The smallest absolute Gasteiger partial charge is 0.338 e. The Morgan fingerprint density at radius 1 is 1.24 bits per heavy atom. The zero-order valence-corrected chi connectivity index (χ0v) is 12.0. The summed E-state index contributed by atoms with van der Waals surface area (Å²) < 4.78 is 4.93. The minimum Gasteiger partial charge on any atom is -0.462 e. The van der Waals surface area contributed by atoms with Crippen LogP contribution in [0.3, 0.4) is 0 Å². The van der Waals surface area contributed by atoms with Gasteiger partial charge in [0.05, 0.1) is 20.2 Å². The number of benzene rings is 1. The van der Waals surface area contributed by atoms with E-state index in [9.17, 15) is 4.79 Å². The molecule has 1 aromatic rings. The minimum absolute atomic E-state index is 0.256. The molecule has 0 bridgehead atoms. The van der Waals surface area contributed by atoms with E-state index in [1.54, 1.807) is 0 Å². The maximum atomic E-state index is 11.4. The summed E-state index contributed by atoms with van der Waals surface area (Å²) in [4.78, 5) is 11.4. The molecular weight excluding hydrogens is 228 g/mol. The molecule has 0 saturated heterocycles. The van der Waals surface area contributed by atoms with Crippen LogP contribution < -0.4 is 0 Å². The number of esters is 1. The predicted molar refractivity (Wildman–Crippen MR) is 74.8 cm³/mol.